The van der Waals surface area contributed by atoms with Gasteiger partial charge in [-0.3, -0.25) is 0 Å². The lowest BCUT2D eigenvalue weighted by atomic mass is 10.1. The van der Waals surface area contributed by atoms with Crippen LogP contribution in [-0.4, -0.2) is 58.7 Å². The number of aromatic carboxylic acids is 1. The van der Waals surface area contributed by atoms with Crippen molar-refractivity contribution < 1.29 is 38.3 Å². The Hall–Kier alpha value is -3.95. The minimum absolute atomic E-state index is 0.0480. The first-order chi connectivity index (χ1) is 14.9. The second-order valence-corrected chi connectivity index (χ2v) is 6.00. The average molecular weight is 434 g/mol. The third kappa shape index (κ3) is 4.47. The highest BCUT2D eigenvalue weighted by Crippen LogP contribution is 2.43. The number of nitrogens with two attached hydrogens (primary N) is 1. The predicted octanol–water partition coefficient (Wildman–Crippen LogP) is 3.19. The van der Waals surface area contributed by atoms with E-state index < -0.39 is 5.97 Å². The zero-order valence-electron chi connectivity index (χ0n) is 18.2. The van der Waals surface area contributed by atoms with Gasteiger partial charge in [0.1, 0.15) is 5.56 Å². The van der Waals surface area contributed by atoms with Crippen LogP contribution < -0.4 is 34.2 Å². The van der Waals surface area contributed by atoms with Crippen molar-refractivity contribution >= 4 is 22.6 Å². The van der Waals surface area contributed by atoms with E-state index in [1.165, 1.54) is 27.4 Å². The molecule has 168 valence electrons. The van der Waals surface area contributed by atoms with Gasteiger partial charge in [0.15, 0.2) is 23.0 Å². The molecule has 4 N–H and O–H groups in total. The average Bonchev–Trinajstić information content (AvgIpc) is 3.24. The van der Waals surface area contributed by atoms with Crippen molar-refractivity contribution in [3.63, 3.8) is 0 Å². The Labute approximate surface area is 179 Å². The highest BCUT2D eigenvalue weighted by molar-refractivity contribution is 5.98. The van der Waals surface area contributed by atoms with Gasteiger partial charge < -0.3 is 44.2 Å². The summed E-state index contributed by atoms with van der Waals surface area (Å²) in [5.74, 6) is 1.35. The smallest absolute Gasteiger partial charge is 0.341 e. The third-order valence-corrected chi connectivity index (χ3v) is 4.43. The lowest BCUT2D eigenvalue weighted by molar-refractivity contribution is 0.0693. The molecule has 0 fully saturated rings. The van der Waals surface area contributed by atoms with Crippen LogP contribution in [0.15, 0.2) is 24.4 Å². The van der Waals surface area contributed by atoms with Crippen molar-refractivity contribution in [3.05, 3.63) is 30.0 Å². The largest absolute Gasteiger partial charge is 0.493 e. The van der Waals surface area contributed by atoms with Crippen LogP contribution in [0.3, 0.4) is 0 Å². The fourth-order valence-electron chi connectivity index (χ4n) is 3.07. The second-order valence-electron chi connectivity index (χ2n) is 6.00. The number of methoxy groups -OCH3 is 6. The first kappa shape index (κ1) is 23.3. The topological polar surface area (TPSA) is 134 Å². The number of carboxylic acids is 1. The molecule has 3 aromatic rings. The Bertz CT molecular complexity index is 1060. The van der Waals surface area contributed by atoms with Crippen molar-refractivity contribution in [3.8, 4) is 34.5 Å². The molecule has 0 aliphatic heterocycles. The van der Waals surface area contributed by atoms with E-state index in [1.807, 2.05) is 18.3 Å². The predicted molar refractivity (Wildman–Crippen MR) is 115 cm³/mol. The Balaban J connectivity index is 0.000000220. The van der Waals surface area contributed by atoms with Crippen LogP contribution in [0.4, 0.5) is 5.69 Å². The van der Waals surface area contributed by atoms with Gasteiger partial charge in [-0.25, -0.2) is 4.79 Å². The Morgan fingerprint density at radius 2 is 1.32 bits per heavy atom. The minimum atomic E-state index is -1.18. The normalized spacial score (nSPS) is 10.0. The van der Waals surface area contributed by atoms with Crippen LogP contribution in [-0.2, 0) is 0 Å². The SMILES string of the molecule is COc1cc(N)c(C(=O)O)c(OC)c1OC.COc1cc2[nH]ccc2c(OC)c1OC. The van der Waals surface area contributed by atoms with Crippen LogP contribution in [0.5, 0.6) is 34.5 Å². The van der Waals surface area contributed by atoms with Crippen molar-refractivity contribution in [1.29, 1.82) is 0 Å². The number of carboxylic acid groups (broad SMARTS) is 1. The van der Waals surface area contributed by atoms with Crippen molar-refractivity contribution in [2.24, 2.45) is 0 Å². The van der Waals surface area contributed by atoms with Gasteiger partial charge in [0, 0.05) is 23.7 Å². The molecule has 0 unspecified atom stereocenters. The van der Waals surface area contributed by atoms with Gasteiger partial charge in [0.25, 0.3) is 0 Å². The first-order valence-corrected chi connectivity index (χ1v) is 8.96. The van der Waals surface area contributed by atoms with E-state index >= 15 is 0 Å². The Morgan fingerprint density at radius 3 is 1.81 bits per heavy atom. The standard InChI is InChI=1S/C11H13NO3.C10H13NO5/c1-13-9-6-8-7(4-5-12-8)10(14-2)11(9)15-3;1-14-6-4-5(11)7(10(12)13)9(16-3)8(6)15-2/h4-6,12H,1-3H3;4H,11H2,1-3H3,(H,12,13). The number of aromatic nitrogens is 1. The van der Waals surface area contributed by atoms with Gasteiger partial charge >= 0.3 is 5.97 Å². The molecule has 0 aliphatic carbocycles. The number of nitrogen functional groups attached to an aromatic ring is 1. The third-order valence-electron chi connectivity index (χ3n) is 4.43. The summed E-state index contributed by atoms with van der Waals surface area (Å²) in [4.78, 5) is 14.1. The van der Waals surface area contributed by atoms with Crippen LogP contribution in [0, 0.1) is 0 Å². The molecular weight excluding hydrogens is 408 g/mol. The molecule has 10 nitrogen and oxygen atoms in total. The molecule has 0 saturated carbocycles. The quantitative estimate of drug-likeness (QED) is 0.479. The summed E-state index contributed by atoms with van der Waals surface area (Å²) in [6.45, 7) is 0. The van der Waals surface area contributed by atoms with E-state index in [1.54, 1.807) is 21.3 Å². The highest BCUT2D eigenvalue weighted by Gasteiger charge is 2.23. The number of rotatable bonds is 7. The van der Waals surface area contributed by atoms with Gasteiger partial charge in [-0.05, 0) is 6.07 Å². The number of anilines is 1. The molecule has 0 aliphatic rings. The van der Waals surface area contributed by atoms with Crippen molar-refractivity contribution in [1.82, 2.24) is 4.98 Å². The van der Waals surface area contributed by atoms with Crippen LogP contribution in [0.1, 0.15) is 10.4 Å². The number of fused-ring (bicyclic) bond motifs is 1. The van der Waals surface area contributed by atoms with Gasteiger partial charge in [0.05, 0.1) is 53.9 Å². The number of hydrogen-bond acceptors (Lipinski definition) is 8. The van der Waals surface area contributed by atoms with E-state index in [0.717, 1.165) is 10.9 Å². The lowest BCUT2D eigenvalue weighted by Gasteiger charge is -2.15. The number of hydrogen-bond donors (Lipinski definition) is 3. The first-order valence-electron chi connectivity index (χ1n) is 8.96. The summed E-state index contributed by atoms with van der Waals surface area (Å²) in [5, 5.41) is 9.99. The van der Waals surface area contributed by atoms with Crippen LogP contribution in [0.25, 0.3) is 10.9 Å². The van der Waals surface area contributed by atoms with Crippen LogP contribution in [0.2, 0.25) is 0 Å². The summed E-state index contributed by atoms with van der Waals surface area (Å²) in [7, 11) is 8.97. The van der Waals surface area contributed by atoms with E-state index in [4.69, 9.17) is 39.3 Å². The number of benzene rings is 2. The highest BCUT2D eigenvalue weighted by atomic mass is 16.5. The molecule has 0 amide bonds. The summed E-state index contributed by atoms with van der Waals surface area (Å²) in [5.41, 5.74) is 6.48. The zero-order chi connectivity index (χ0) is 23.1. The summed E-state index contributed by atoms with van der Waals surface area (Å²) < 4.78 is 30.9. The van der Waals surface area contributed by atoms with Crippen molar-refractivity contribution in [2.75, 3.05) is 48.4 Å². The lowest BCUT2D eigenvalue weighted by Crippen LogP contribution is -2.07. The minimum Gasteiger partial charge on any atom is -0.493 e. The fraction of sp³-hybridized carbons (Fsp3) is 0.286. The molecule has 31 heavy (non-hydrogen) atoms. The van der Waals surface area contributed by atoms with E-state index in [-0.39, 0.29) is 22.7 Å². The van der Waals surface area contributed by atoms with E-state index in [0.29, 0.717) is 23.0 Å². The Kier molecular flexibility index (Phi) is 7.67. The number of nitrogens with one attached hydrogen (secondary N) is 1. The maximum Gasteiger partial charge on any atom is 0.341 e. The number of ether oxygens (including phenoxy) is 6. The summed E-state index contributed by atoms with van der Waals surface area (Å²) in [6, 6.07) is 5.21. The summed E-state index contributed by atoms with van der Waals surface area (Å²) in [6.07, 6.45) is 1.85. The van der Waals surface area contributed by atoms with Crippen molar-refractivity contribution in [2.45, 2.75) is 0 Å². The molecule has 0 saturated heterocycles. The van der Waals surface area contributed by atoms with E-state index in [2.05, 4.69) is 4.98 Å². The zero-order valence-corrected chi connectivity index (χ0v) is 18.2. The molecule has 3 rings (SSSR count). The molecule has 10 heteroatoms. The molecule has 1 heterocycles. The van der Waals surface area contributed by atoms with Gasteiger partial charge in [-0.1, -0.05) is 0 Å². The second kappa shape index (κ2) is 10.2. The fourth-order valence-corrected chi connectivity index (χ4v) is 3.07. The Morgan fingerprint density at radius 1 is 0.806 bits per heavy atom. The summed E-state index contributed by atoms with van der Waals surface area (Å²) >= 11 is 0. The molecular formula is C21H26N2O8. The number of carbonyl (C=O) groups is 1. The van der Waals surface area contributed by atoms with Gasteiger partial charge in [-0.2, -0.15) is 0 Å². The monoisotopic (exact) mass is 434 g/mol. The molecule has 0 spiro atoms. The molecule has 0 radical (unpaired) electrons. The van der Waals surface area contributed by atoms with Crippen LogP contribution >= 0.6 is 0 Å². The van der Waals surface area contributed by atoms with E-state index in [9.17, 15) is 4.79 Å². The van der Waals surface area contributed by atoms with Gasteiger partial charge in [-0.15, -0.1) is 0 Å². The maximum atomic E-state index is 11.0. The number of H-pyrrole nitrogens is 1. The molecule has 0 bridgehead atoms. The maximum absolute atomic E-state index is 11.0. The molecule has 1 aromatic heterocycles. The molecule has 2 aromatic carbocycles. The van der Waals surface area contributed by atoms with Gasteiger partial charge in [0.2, 0.25) is 11.5 Å². The number of aromatic amines is 1. The molecule has 0 atom stereocenters.